The molecule has 0 spiro atoms. The van der Waals surface area contributed by atoms with Gasteiger partial charge in [0.25, 0.3) is 0 Å². The molecular weight excluding hydrogens is 252 g/mol. The average Bonchev–Trinajstić information content (AvgIpc) is 3.15. The molecule has 2 aliphatic carbocycles. The second kappa shape index (κ2) is 4.58. The molecule has 1 heterocycles. The third-order valence-electron chi connectivity index (χ3n) is 5.24. The van der Waals surface area contributed by atoms with Gasteiger partial charge in [-0.05, 0) is 59.4 Å². The fourth-order valence-corrected chi connectivity index (χ4v) is 5.36. The number of nitrogens with two attached hydrogens (primary N) is 1. The van der Waals surface area contributed by atoms with Crippen molar-refractivity contribution in [1.29, 1.82) is 0 Å². The highest BCUT2D eigenvalue weighted by Crippen LogP contribution is 2.53. The highest BCUT2D eigenvalue weighted by atomic mass is 32.1. The van der Waals surface area contributed by atoms with Gasteiger partial charge in [-0.2, -0.15) is 0 Å². The highest BCUT2D eigenvalue weighted by molar-refractivity contribution is 7.17. The third-order valence-corrected chi connectivity index (χ3v) is 6.22. The van der Waals surface area contributed by atoms with E-state index in [1.54, 1.807) is 0 Å². The quantitative estimate of drug-likeness (QED) is 0.658. The van der Waals surface area contributed by atoms with Crippen molar-refractivity contribution >= 4 is 21.4 Å². The van der Waals surface area contributed by atoms with Gasteiger partial charge in [0.2, 0.25) is 0 Å². The molecular formula is C16H20N2S. The Balaban J connectivity index is 1.74. The minimum absolute atomic E-state index is 0.331. The molecule has 2 nitrogen and oxygen atoms in total. The van der Waals surface area contributed by atoms with Crippen molar-refractivity contribution in [3.63, 3.8) is 0 Å². The number of thiophene rings is 1. The first-order chi connectivity index (χ1) is 9.36. The lowest BCUT2D eigenvalue weighted by molar-refractivity contribution is 0.253. The molecule has 1 aromatic carbocycles. The van der Waals surface area contributed by atoms with Crippen LogP contribution in [0.5, 0.6) is 0 Å². The van der Waals surface area contributed by atoms with Gasteiger partial charge in [0.05, 0.1) is 6.04 Å². The molecule has 2 fully saturated rings. The van der Waals surface area contributed by atoms with Gasteiger partial charge in [0.15, 0.2) is 0 Å². The molecule has 3 heteroatoms. The molecule has 1 aromatic heterocycles. The van der Waals surface area contributed by atoms with Gasteiger partial charge < -0.3 is 0 Å². The smallest absolute Gasteiger partial charge is 0.0505 e. The van der Waals surface area contributed by atoms with E-state index in [2.05, 4.69) is 35.1 Å². The Morgan fingerprint density at radius 3 is 2.89 bits per heavy atom. The molecule has 100 valence electrons. The van der Waals surface area contributed by atoms with E-state index < -0.39 is 0 Å². The van der Waals surface area contributed by atoms with Crippen molar-refractivity contribution in [3.05, 3.63) is 35.2 Å². The summed E-state index contributed by atoms with van der Waals surface area (Å²) in [7, 11) is 0. The molecule has 4 unspecified atom stereocenters. The van der Waals surface area contributed by atoms with Gasteiger partial charge in [-0.25, -0.2) is 0 Å². The monoisotopic (exact) mass is 272 g/mol. The lowest BCUT2D eigenvalue weighted by atomic mass is 9.80. The van der Waals surface area contributed by atoms with Crippen LogP contribution in [-0.2, 0) is 0 Å². The molecule has 0 saturated heterocycles. The second-order valence-corrected chi connectivity index (χ2v) is 7.09. The van der Waals surface area contributed by atoms with E-state index in [9.17, 15) is 0 Å². The number of rotatable bonds is 3. The molecule has 2 aliphatic rings. The van der Waals surface area contributed by atoms with Crippen LogP contribution < -0.4 is 11.3 Å². The van der Waals surface area contributed by atoms with Crippen molar-refractivity contribution in [2.45, 2.75) is 31.7 Å². The average molecular weight is 272 g/mol. The molecule has 2 aromatic rings. The van der Waals surface area contributed by atoms with Crippen LogP contribution in [0.3, 0.4) is 0 Å². The van der Waals surface area contributed by atoms with Crippen LogP contribution in [0, 0.1) is 17.8 Å². The van der Waals surface area contributed by atoms with Crippen LogP contribution in [0.1, 0.15) is 37.3 Å². The number of benzene rings is 1. The van der Waals surface area contributed by atoms with Crippen molar-refractivity contribution in [2.75, 3.05) is 0 Å². The molecule has 0 aliphatic heterocycles. The predicted octanol–water partition coefficient (Wildman–Crippen LogP) is 3.84. The number of hydrazine groups is 1. The van der Waals surface area contributed by atoms with Crippen molar-refractivity contribution in [2.24, 2.45) is 23.6 Å². The van der Waals surface area contributed by atoms with E-state index in [0.29, 0.717) is 6.04 Å². The van der Waals surface area contributed by atoms with E-state index in [0.717, 1.165) is 17.8 Å². The van der Waals surface area contributed by atoms with E-state index >= 15 is 0 Å². The Bertz CT molecular complexity index is 591. The molecule has 4 rings (SSSR count). The molecule has 4 atom stereocenters. The van der Waals surface area contributed by atoms with Crippen LogP contribution >= 0.6 is 11.3 Å². The Labute approximate surface area is 118 Å². The normalized spacial score (nSPS) is 31.1. The van der Waals surface area contributed by atoms with Crippen LogP contribution in [0.2, 0.25) is 0 Å². The van der Waals surface area contributed by atoms with Gasteiger partial charge in [-0.1, -0.05) is 24.6 Å². The molecule has 3 N–H and O–H groups in total. The molecule has 2 saturated carbocycles. The summed E-state index contributed by atoms with van der Waals surface area (Å²) in [6.45, 7) is 0. The summed E-state index contributed by atoms with van der Waals surface area (Å²) in [5.74, 6) is 8.52. The van der Waals surface area contributed by atoms with Crippen molar-refractivity contribution in [1.82, 2.24) is 5.43 Å². The minimum Gasteiger partial charge on any atom is -0.271 e. The van der Waals surface area contributed by atoms with Crippen molar-refractivity contribution in [3.8, 4) is 0 Å². The number of fused-ring (bicyclic) bond motifs is 3. The lowest BCUT2D eigenvalue weighted by Gasteiger charge is -2.30. The van der Waals surface area contributed by atoms with Crippen LogP contribution in [-0.4, -0.2) is 0 Å². The van der Waals surface area contributed by atoms with E-state index in [4.69, 9.17) is 5.84 Å². The predicted molar refractivity (Wildman–Crippen MR) is 80.8 cm³/mol. The molecule has 0 amide bonds. The Kier molecular flexibility index (Phi) is 2.87. The summed E-state index contributed by atoms with van der Waals surface area (Å²) in [5.41, 5.74) is 4.54. The standard InChI is InChI=1S/C16H20N2S/c17-18-15(14-9-10-4-5-12(14)8-10)13-3-1-2-11-6-7-19-16(11)13/h1-3,6-7,10,12,14-15,18H,4-5,8-9,17H2. The maximum absolute atomic E-state index is 5.93. The molecule has 2 bridgehead atoms. The SMILES string of the molecule is NNC(c1cccc2ccsc12)C1CC2CCC1C2. The van der Waals surface area contributed by atoms with Gasteiger partial charge in [-0.3, -0.25) is 11.3 Å². The number of hydrogen-bond donors (Lipinski definition) is 2. The summed E-state index contributed by atoms with van der Waals surface area (Å²) < 4.78 is 1.41. The van der Waals surface area contributed by atoms with Crippen molar-refractivity contribution < 1.29 is 0 Å². The van der Waals surface area contributed by atoms with Gasteiger partial charge >= 0.3 is 0 Å². The highest BCUT2D eigenvalue weighted by Gasteiger charge is 2.43. The van der Waals surface area contributed by atoms with Crippen LogP contribution in [0.15, 0.2) is 29.6 Å². The number of hydrogen-bond acceptors (Lipinski definition) is 3. The van der Waals surface area contributed by atoms with Crippen LogP contribution in [0.25, 0.3) is 10.1 Å². The Hall–Kier alpha value is -0.900. The molecule has 0 radical (unpaired) electrons. The first-order valence-electron chi connectivity index (χ1n) is 7.29. The first kappa shape index (κ1) is 11.9. The summed E-state index contributed by atoms with van der Waals surface area (Å²) in [5, 5.41) is 3.54. The first-order valence-corrected chi connectivity index (χ1v) is 8.17. The fourth-order valence-electron chi connectivity index (χ4n) is 4.41. The van der Waals surface area contributed by atoms with E-state index in [1.165, 1.54) is 41.3 Å². The summed E-state index contributed by atoms with van der Waals surface area (Å²) in [6, 6.07) is 9.16. The summed E-state index contributed by atoms with van der Waals surface area (Å²) in [6.07, 6.45) is 5.65. The maximum atomic E-state index is 5.93. The summed E-state index contributed by atoms with van der Waals surface area (Å²) >= 11 is 1.84. The number of nitrogens with one attached hydrogen (secondary N) is 1. The van der Waals surface area contributed by atoms with Gasteiger partial charge in [-0.15, -0.1) is 11.3 Å². The zero-order chi connectivity index (χ0) is 12.8. The Morgan fingerprint density at radius 1 is 1.21 bits per heavy atom. The summed E-state index contributed by atoms with van der Waals surface area (Å²) in [4.78, 5) is 0. The van der Waals surface area contributed by atoms with E-state index in [-0.39, 0.29) is 0 Å². The van der Waals surface area contributed by atoms with Gasteiger partial charge in [0.1, 0.15) is 0 Å². The third kappa shape index (κ3) is 1.83. The zero-order valence-corrected chi connectivity index (χ0v) is 11.8. The minimum atomic E-state index is 0.331. The lowest BCUT2D eigenvalue weighted by Crippen LogP contribution is -2.35. The van der Waals surface area contributed by atoms with Crippen LogP contribution in [0.4, 0.5) is 0 Å². The largest absolute Gasteiger partial charge is 0.271 e. The topological polar surface area (TPSA) is 38.0 Å². The second-order valence-electron chi connectivity index (χ2n) is 6.17. The fraction of sp³-hybridized carbons (Fsp3) is 0.500. The molecule has 19 heavy (non-hydrogen) atoms. The maximum Gasteiger partial charge on any atom is 0.0505 e. The Morgan fingerprint density at radius 2 is 2.16 bits per heavy atom. The van der Waals surface area contributed by atoms with Gasteiger partial charge in [0, 0.05) is 4.70 Å². The van der Waals surface area contributed by atoms with E-state index in [1.807, 2.05) is 11.3 Å². The zero-order valence-electron chi connectivity index (χ0n) is 11.0.